The number of piperidine rings is 1. The van der Waals surface area contributed by atoms with Crippen molar-refractivity contribution in [2.24, 2.45) is 34.3 Å². The van der Waals surface area contributed by atoms with E-state index in [1.165, 1.54) is 4.90 Å². The summed E-state index contributed by atoms with van der Waals surface area (Å²) in [5.41, 5.74) is 4.06. The number of likely N-dealkylation sites (tertiary alicyclic amines) is 1. The first-order valence-corrected chi connectivity index (χ1v) is 14.6. The standard InChI is InChI=1S/C27H43Cl2N5O6/c1-25(2,3)16(12-35)32-24(40)33-20(26(4,5)6)23(39)34-11-14-17(27(14,28)29)18(34)22(38)31-15(19(36)21(30)37)10-13-8-7-9-13/h13-18,20,35H,7-12H2,1-6H3,(H2,30,37)(H,31,38)(H2,32,33,40)/t14-,15?,16+,17-,18-,20+/m0/s1. The number of carbonyl (C=O) groups excluding carboxylic acids is 5. The third kappa shape index (κ3) is 6.85. The molecule has 6 atom stereocenters. The molecule has 5 amide bonds. The van der Waals surface area contributed by atoms with Crippen LogP contribution in [0, 0.1) is 28.6 Å². The molecular formula is C27H43Cl2N5O6. The van der Waals surface area contributed by atoms with Crippen LogP contribution in [0.15, 0.2) is 0 Å². The SMILES string of the molecule is CC(C)(C)[C@H](NC(=O)N[C@H](CO)C(C)(C)C)C(=O)N1C[C@H]2[C@@H]([C@H]1C(=O)NC(CC1CCC1)C(=O)C(N)=O)C2(Cl)Cl. The van der Waals surface area contributed by atoms with Gasteiger partial charge in [-0.2, -0.15) is 0 Å². The lowest BCUT2D eigenvalue weighted by Crippen LogP contribution is -2.62. The minimum Gasteiger partial charge on any atom is -0.394 e. The second kappa shape index (κ2) is 11.6. The molecule has 1 unspecified atom stereocenters. The van der Waals surface area contributed by atoms with Gasteiger partial charge in [0.15, 0.2) is 0 Å². The second-order valence-corrected chi connectivity index (χ2v) is 15.0. The normalized spacial score (nSPS) is 26.0. The lowest BCUT2D eigenvalue weighted by atomic mass is 9.80. The van der Waals surface area contributed by atoms with Crippen molar-refractivity contribution in [3.8, 4) is 0 Å². The lowest BCUT2D eigenvalue weighted by Gasteiger charge is -2.38. The molecule has 0 bridgehead atoms. The van der Waals surface area contributed by atoms with Crippen molar-refractivity contribution < 1.29 is 29.1 Å². The fourth-order valence-corrected chi connectivity index (χ4v) is 6.36. The molecule has 3 aliphatic rings. The number of primary amides is 1. The summed E-state index contributed by atoms with van der Waals surface area (Å²) in [6.07, 6.45) is 3.06. The first-order valence-electron chi connectivity index (χ1n) is 13.8. The number of amides is 5. The summed E-state index contributed by atoms with van der Waals surface area (Å²) >= 11 is 12.9. The highest BCUT2D eigenvalue weighted by molar-refractivity contribution is 6.51. The Kier molecular flexibility index (Phi) is 9.43. The van der Waals surface area contributed by atoms with E-state index in [0.29, 0.717) is 0 Å². The number of hydrogen-bond donors (Lipinski definition) is 5. The van der Waals surface area contributed by atoms with Crippen LogP contribution in [0.3, 0.4) is 0 Å². The van der Waals surface area contributed by atoms with E-state index in [1.54, 1.807) is 20.8 Å². The van der Waals surface area contributed by atoms with Gasteiger partial charge in [0.2, 0.25) is 17.6 Å². The summed E-state index contributed by atoms with van der Waals surface area (Å²) in [5, 5.41) is 17.9. The molecule has 1 saturated heterocycles. The van der Waals surface area contributed by atoms with E-state index in [2.05, 4.69) is 16.0 Å². The van der Waals surface area contributed by atoms with Crippen molar-refractivity contribution in [2.75, 3.05) is 13.2 Å². The molecule has 1 heterocycles. The molecule has 0 aromatic rings. The highest BCUT2D eigenvalue weighted by atomic mass is 35.5. The smallest absolute Gasteiger partial charge is 0.315 e. The van der Waals surface area contributed by atoms with Gasteiger partial charge in [0.25, 0.3) is 5.91 Å². The van der Waals surface area contributed by atoms with Crippen LogP contribution in [0.5, 0.6) is 0 Å². The van der Waals surface area contributed by atoms with Crippen LogP contribution < -0.4 is 21.7 Å². The average Bonchev–Trinajstić information content (AvgIpc) is 3.14. The van der Waals surface area contributed by atoms with E-state index in [9.17, 15) is 29.1 Å². The largest absolute Gasteiger partial charge is 0.394 e. The highest BCUT2D eigenvalue weighted by Gasteiger charge is 2.74. The molecule has 3 fully saturated rings. The van der Waals surface area contributed by atoms with Gasteiger partial charge in [-0.3, -0.25) is 19.2 Å². The topological polar surface area (TPSA) is 171 Å². The second-order valence-electron chi connectivity index (χ2n) is 13.6. The Morgan fingerprint density at radius 1 is 1.00 bits per heavy atom. The van der Waals surface area contributed by atoms with Crippen molar-refractivity contribution >= 4 is 52.7 Å². The average molecular weight is 605 g/mol. The molecular weight excluding hydrogens is 561 g/mol. The fourth-order valence-electron chi connectivity index (χ4n) is 5.54. The maximum absolute atomic E-state index is 14.0. The zero-order valence-corrected chi connectivity index (χ0v) is 25.6. The fraction of sp³-hybridized carbons (Fsp3) is 0.815. The first-order chi connectivity index (χ1) is 18.3. The number of rotatable bonds is 10. The van der Waals surface area contributed by atoms with Crippen molar-refractivity contribution in [2.45, 2.75) is 95.7 Å². The van der Waals surface area contributed by atoms with Crippen molar-refractivity contribution in [3.05, 3.63) is 0 Å². The van der Waals surface area contributed by atoms with Crippen LogP contribution in [0.1, 0.15) is 67.2 Å². The number of aliphatic hydroxyl groups is 1. The number of nitrogens with zero attached hydrogens (tertiary/aromatic N) is 1. The highest BCUT2D eigenvalue weighted by Crippen LogP contribution is 2.65. The van der Waals surface area contributed by atoms with Gasteiger partial charge in [-0.05, 0) is 23.2 Å². The zero-order chi connectivity index (χ0) is 30.4. The summed E-state index contributed by atoms with van der Waals surface area (Å²) in [4.78, 5) is 66.1. The molecule has 0 spiro atoms. The van der Waals surface area contributed by atoms with Gasteiger partial charge in [0, 0.05) is 18.4 Å². The molecule has 13 heteroatoms. The number of Topliss-reactive ketones (excluding diaryl/α,β-unsaturated/α-hetero) is 1. The van der Waals surface area contributed by atoms with Gasteiger partial charge in [0.05, 0.1) is 18.7 Å². The number of hydrogen-bond acceptors (Lipinski definition) is 6. The van der Waals surface area contributed by atoms with Gasteiger partial charge < -0.3 is 31.7 Å². The van der Waals surface area contributed by atoms with Crippen LogP contribution in [-0.4, -0.2) is 81.2 Å². The number of urea groups is 1. The monoisotopic (exact) mass is 603 g/mol. The number of nitrogens with one attached hydrogen (secondary N) is 3. The van der Waals surface area contributed by atoms with Crippen LogP contribution >= 0.6 is 23.2 Å². The van der Waals surface area contributed by atoms with Crippen molar-refractivity contribution in [1.29, 1.82) is 0 Å². The maximum atomic E-state index is 14.0. The van der Waals surface area contributed by atoms with Gasteiger partial charge in [-0.1, -0.05) is 60.8 Å². The Labute approximate surface area is 245 Å². The summed E-state index contributed by atoms with van der Waals surface area (Å²) in [6, 6.07) is -4.46. The van der Waals surface area contributed by atoms with E-state index in [0.717, 1.165) is 19.3 Å². The quantitative estimate of drug-likeness (QED) is 0.187. The summed E-state index contributed by atoms with van der Waals surface area (Å²) in [7, 11) is 0. The number of nitrogens with two attached hydrogens (primary N) is 1. The third-order valence-electron chi connectivity index (χ3n) is 8.48. The number of alkyl halides is 2. The molecule has 6 N–H and O–H groups in total. The minimum atomic E-state index is -1.22. The summed E-state index contributed by atoms with van der Waals surface area (Å²) in [5.74, 6) is -3.96. The van der Waals surface area contributed by atoms with Gasteiger partial charge >= 0.3 is 6.03 Å². The number of carbonyl (C=O) groups is 5. The molecule has 3 rings (SSSR count). The Hall–Kier alpha value is -2.11. The van der Waals surface area contributed by atoms with Crippen molar-refractivity contribution in [3.63, 3.8) is 0 Å². The number of aliphatic hydroxyl groups excluding tert-OH is 1. The number of fused-ring (bicyclic) bond motifs is 1. The van der Waals surface area contributed by atoms with Crippen LogP contribution in [0.2, 0.25) is 0 Å². The van der Waals surface area contributed by atoms with Crippen molar-refractivity contribution in [1.82, 2.24) is 20.9 Å². The molecule has 11 nitrogen and oxygen atoms in total. The molecule has 40 heavy (non-hydrogen) atoms. The van der Waals surface area contributed by atoms with E-state index in [4.69, 9.17) is 28.9 Å². The molecule has 0 aromatic heterocycles. The van der Waals surface area contributed by atoms with Gasteiger partial charge in [0.1, 0.15) is 16.4 Å². The summed E-state index contributed by atoms with van der Waals surface area (Å²) < 4.78 is -1.22. The molecule has 0 aromatic carbocycles. The lowest BCUT2D eigenvalue weighted by molar-refractivity contribution is -0.144. The Morgan fingerprint density at radius 2 is 1.60 bits per heavy atom. The maximum Gasteiger partial charge on any atom is 0.315 e. The first kappa shape index (κ1) is 32.4. The molecule has 1 aliphatic heterocycles. The Balaban J connectivity index is 1.82. The van der Waals surface area contributed by atoms with Gasteiger partial charge in [-0.25, -0.2) is 4.79 Å². The molecule has 226 valence electrons. The number of ketones is 1. The third-order valence-corrected chi connectivity index (χ3v) is 9.54. The Morgan fingerprint density at radius 3 is 2.05 bits per heavy atom. The number of halogens is 2. The van der Waals surface area contributed by atoms with E-state index in [1.807, 2.05) is 20.8 Å². The predicted octanol–water partition coefficient (Wildman–Crippen LogP) is 1.47. The van der Waals surface area contributed by atoms with Crippen LogP contribution in [0.25, 0.3) is 0 Å². The minimum absolute atomic E-state index is 0.0861. The van der Waals surface area contributed by atoms with E-state index < -0.39 is 74.8 Å². The predicted molar refractivity (Wildman–Crippen MR) is 150 cm³/mol. The Bertz CT molecular complexity index is 1040. The van der Waals surface area contributed by atoms with E-state index >= 15 is 0 Å². The zero-order valence-electron chi connectivity index (χ0n) is 24.1. The summed E-state index contributed by atoms with van der Waals surface area (Å²) in [6.45, 7) is 10.7. The van der Waals surface area contributed by atoms with Crippen LogP contribution in [-0.2, 0) is 19.2 Å². The molecule has 0 radical (unpaired) electrons. The van der Waals surface area contributed by atoms with Crippen LogP contribution in [0.4, 0.5) is 4.79 Å². The van der Waals surface area contributed by atoms with Gasteiger partial charge in [-0.15, -0.1) is 23.2 Å². The molecule has 2 aliphatic carbocycles. The molecule has 2 saturated carbocycles. The van der Waals surface area contributed by atoms with E-state index in [-0.39, 0.29) is 31.4 Å².